The molecule has 0 aliphatic carbocycles. The van der Waals surface area contributed by atoms with Crippen molar-refractivity contribution in [2.45, 2.75) is 26.2 Å². The first kappa shape index (κ1) is 12.4. The van der Waals surface area contributed by atoms with Crippen LogP contribution in [-0.2, 0) is 11.2 Å². The molecule has 14 heavy (non-hydrogen) atoms. The van der Waals surface area contributed by atoms with Crippen LogP contribution < -0.4 is 0 Å². The molecule has 2 N–H and O–H groups in total. The molecular weight excluding hydrogens is 178 g/mol. The van der Waals surface area contributed by atoms with Crippen LogP contribution in [0.2, 0.25) is 0 Å². The molecule has 1 aromatic carbocycles. The molecule has 0 aliphatic heterocycles. The topological polar surface area (TPSA) is 61.1 Å². The summed E-state index contributed by atoms with van der Waals surface area (Å²) in [4.78, 5) is 8.35. The van der Waals surface area contributed by atoms with Crippen molar-refractivity contribution >= 4 is 6.08 Å². The van der Waals surface area contributed by atoms with Crippen LogP contribution in [0.4, 0.5) is 0 Å². The Kier molecular flexibility index (Phi) is 7.10. The third-order valence-corrected chi connectivity index (χ3v) is 1.79. The molecule has 0 saturated heterocycles. The highest BCUT2D eigenvalue weighted by molar-refractivity contribution is 5.31. The maximum Gasteiger partial charge on any atom is 0.231 e. The van der Waals surface area contributed by atoms with E-state index in [0.717, 1.165) is 24.5 Å². The number of rotatable bonds is 3. The molecule has 0 bridgehead atoms. The van der Waals surface area contributed by atoms with Crippen molar-refractivity contribution in [1.82, 2.24) is 0 Å². The third kappa shape index (κ3) is 5.12. The minimum absolute atomic E-state index is 0.431. The van der Waals surface area contributed by atoms with Gasteiger partial charge < -0.3 is 5.11 Å². The summed E-state index contributed by atoms with van der Waals surface area (Å²) in [5.41, 5.74) is 1.06. The number of para-hydroxylation sites is 1. The predicted octanol–water partition coefficient (Wildman–Crippen LogP) is 2.64. The fraction of sp³-hybridized carbons (Fsp3) is 0.364. The molecule has 0 amide bonds. The first-order chi connectivity index (χ1) is 6.76. The average molecular weight is 193 g/mol. The fourth-order valence-electron chi connectivity index (χ4n) is 1.09. The minimum Gasteiger partial charge on any atom is -0.508 e. The number of unbranched alkanes of at least 4 members (excludes halogenated alkanes) is 1. The van der Waals surface area contributed by atoms with Crippen LogP contribution in [0.15, 0.2) is 24.3 Å². The molecule has 0 aromatic heterocycles. The van der Waals surface area contributed by atoms with E-state index in [2.05, 4.69) is 6.92 Å². The molecule has 0 heterocycles. The summed E-state index contributed by atoms with van der Waals surface area (Å²) in [5, 5.41) is 14.7. The lowest BCUT2D eigenvalue weighted by Crippen LogP contribution is -1.83. The van der Waals surface area contributed by atoms with E-state index in [9.17, 15) is 5.11 Å². The number of isocyanates is 1. The van der Waals surface area contributed by atoms with E-state index in [1.54, 1.807) is 6.07 Å². The number of hydrogen-bond donors (Lipinski definition) is 2. The van der Waals surface area contributed by atoms with Crippen molar-refractivity contribution < 1.29 is 9.90 Å². The molecule has 0 unspecified atom stereocenters. The second-order valence-corrected chi connectivity index (χ2v) is 2.83. The lowest BCUT2D eigenvalue weighted by molar-refractivity contribution is 0.467. The highest BCUT2D eigenvalue weighted by atomic mass is 16.3. The molecule has 0 atom stereocenters. The summed E-state index contributed by atoms with van der Waals surface area (Å²) in [7, 11) is 0. The van der Waals surface area contributed by atoms with Crippen molar-refractivity contribution in [2.75, 3.05) is 0 Å². The van der Waals surface area contributed by atoms with Crippen molar-refractivity contribution in [1.29, 1.82) is 5.41 Å². The first-order valence-corrected chi connectivity index (χ1v) is 4.57. The van der Waals surface area contributed by atoms with Gasteiger partial charge in [0.05, 0.1) is 0 Å². The third-order valence-electron chi connectivity index (χ3n) is 1.79. The number of nitrogens with one attached hydrogen (secondary N) is 1. The number of phenols is 1. The van der Waals surface area contributed by atoms with E-state index in [1.165, 1.54) is 6.42 Å². The zero-order valence-corrected chi connectivity index (χ0v) is 8.29. The van der Waals surface area contributed by atoms with Gasteiger partial charge in [0.1, 0.15) is 5.75 Å². The van der Waals surface area contributed by atoms with Crippen LogP contribution in [0.3, 0.4) is 0 Å². The van der Waals surface area contributed by atoms with Gasteiger partial charge in [0, 0.05) is 0 Å². The van der Waals surface area contributed by atoms with Gasteiger partial charge in [-0.15, -0.1) is 0 Å². The predicted molar refractivity (Wildman–Crippen MR) is 55.1 cm³/mol. The Morgan fingerprint density at radius 2 is 2.00 bits per heavy atom. The van der Waals surface area contributed by atoms with Crippen molar-refractivity contribution in [3.8, 4) is 5.75 Å². The summed E-state index contributed by atoms with van der Waals surface area (Å²) < 4.78 is 0. The number of aryl methyl sites for hydroxylation is 1. The van der Waals surface area contributed by atoms with Gasteiger partial charge in [0.15, 0.2) is 0 Å². The van der Waals surface area contributed by atoms with Gasteiger partial charge in [0.25, 0.3) is 0 Å². The molecule has 1 aromatic rings. The zero-order valence-electron chi connectivity index (χ0n) is 8.29. The van der Waals surface area contributed by atoms with E-state index in [4.69, 9.17) is 10.2 Å². The molecule has 0 aliphatic rings. The fourth-order valence-corrected chi connectivity index (χ4v) is 1.09. The Bertz CT molecular complexity index is 291. The second-order valence-electron chi connectivity index (χ2n) is 2.83. The lowest BCUT2D eigenvalue weighted by atomic mass is 10.1. The number of hydrogen-bond acceptors (Lipinski definition) is 3. The van der Waals surface area contributed by atoms with Crippen LogP contribution in [-0.4, -0.2) is 11.2 Å². The van der Waals surface area contributed by atoms with Gasteiger partial charge in [0.2, 0.25) is 6.08 Å². The second kappa shape index (κ2) is 8.02. The quantitative estimate of drug-likeness (QED) is 0.572. The molecule has 0 fully saturated rings. The summed E-state index contributed by atoms with van der Waals surface area (Å²) in [6.45, 7) is 2.15. The number of benzene rings is 1. The van der Waals surface area contributed by atoms with Crippen LogP contribution >= 0.6 is 0 Å². The van der Waals surface area contributed by atoms with Crippen LogP contribution in [0.5, 0.6) is 5.75 Å². The lowest BCUT2D eigenvalue weighted by Gasteiger charge is -2.01. The minimum atomic E-state index is 0.431. The van der Waals surface area contributed by atoms with Gasteiger partial charge in [-0.1, -0.05) is 31.5 Å². The largest absolute Gasteiger partial charge is 0.508 e. The average Bonchev–Trinajstić information content (AvgIpc) is 2.18. The van der Waals surface area contributed by atoms with Crippen LogP contribution in [0.1, 0.15) is 25.3 Å². The van der Waals surface area contributed by atoms with Crippen molar-refractivity contribution in [3.05, 3.63) is 29.8 Å². The number of phenolic OH excluding ortho intramolecular Hbond substituents is 1. The van der Waals surface area contributed by atoms with Crippen LogP contribution in [0.25, 0.3) is 0 Å². The number of aromatic hydroxyl groups is 1. The van der Waals surface area contributed by atoms with Gasteiger partial charge >= 0.3 is 0 Å². The van der Waals surface area contributed by atoms with Crippen molar-refractivity contribution in [2.24, 2.45) is 0 Å². The molecule has 1 rings (SSSR count). The Morgan fingerprint density at radius 1 is 1.43 bits per heavy atom. The van der Waals surface area contributed by atoms with E-state index in [0.29, 0.717) is 5.75 Å². The molecule has 0 spiro atoms. The summed E-state index contributed by atoms with van der Waals surface area (Å²) in [5.74, 6) is 0.431. The molecule has 76 valence electrons. The Morgan fingerprint density at radius 3 is 2.50 bits per heavy atom. The maximum absolute atomic E-state index is 9.34. The summed E-state index contributed by atoms with van der Waals surface area (Å²) >= 11 is 0. The van der Waals surface area contributed by atoms with E-state index < -0.39 is 0 Å². The smallest absolute Gasteiger partial charge is 0.231 e. The van der Waals surface area contributed by atoms with Crippen molar-refractivity contribution in [3.63, 3.8) is 0 Å². The summed E-state index contributed by atoms with van der Waals surface area (Å²) in [6.07, 6.45) is 4.06. The molecule has 0 saturated carbocycles. The van der Waals surface area contributed by atoms with E-state index in [-0.39, 0.29) is 0 Å². The maximum atomic E-state index is 9.34. The molecular formula is C11H15NO2. The molecule has 3 heteroatoms. The summed E-state index contributed by atoms with van der Waals surface area (Å²) in [6, 6.07) is 7.53. The normalized spacial score (nSPS) is 8.36. The standard InChI is InChI=1S/C10H14O.CHNO/c1-2-3-6-9-7-4-5-8-10(9)11;2-1-3/h4-5,7-8,11H,2-3,6H2,1H3;2H. The van der Waals surface area contributed by atoms with Crippen LogP contribution in [0, 0.1) is 5.41 Å². The Balaban J connectivity index is 0.000000500. The molecule has 3 nitrogen and oxygen atoms in total. The highest BCUT2D eigenvalue weighted by Gasteiger charge is 1.96. The molecule has 0 radical (unpaired) electrons. The zero-order chi connectivity index (χ0) is 10.8. The first-order valence-electron chi connectivity index (χ1n) is 4.57. The number of carbonyl (C=O) groups excluding carboxylic acids is 1. The van der Waals surface area contributed by atoms with Gasteiger partial charge in [-0.05, 0) is 24.5 Å². The highest BCUT2D eigenvalue weighted by Crippen LogP contribution is 2.17. The van der Waals surface area contributed by atoms with Gasteiger partial charge in [-0.2, -0.15) is 0 Å². The SMILES string of the molecule is CCCCc1ccccc1O.N=C=O. The van der Waals surface area contributed by atoms with E-state index >= 15 is 0 Å². The Labute approximate surface area is 83.9 Å². The van der Waals surface area contributed by atoms with Gasteiger partial charge in [-0.3, -0.25) is 0 Å². The Hall–Kier alpha value is -1.60. The monoisotopic (exact) mass is 193 g/mol. The van der Waals surface area contributed by atoms with E-state index in [1.807, 2.05) is 18.2 Å². The van der Waals surface area contributed by atoms with Gasteiger partial charge in [-0.25, -0.2) is 10.2 Å².